The minimum absolute atomic E-state index is 0.0116. The number of sulfonamides is 1. The minimum Gasteiger partial charge on any atom is -0.326 e. The third-order valence-electron chi connectivity index (χ3n) is 3.85. The zero-order valence-corrected chi connectivity index (χ0v) is 13.5. The lowest BCUT2D eigenvalue weighted by atomic mass is 9.97. The molecule has 0 aliphatic carbocycles. The monoisotopic (exact) mass is 346 g/mol. The van der Waals surface area contributed by atoms with E-state index in [1.807, 2.05) is 0 Å². The van der Waals surface area contributed by atoms with E-state index in [-0.39, 0.29) is 37.1 Å². The standard InChI is InChI=1S/C15H20F2N2O3S/c16-7-2-10-23(21,22)19-8-5-12(6-9-19)15(20)18-14-4-1-3-13(17)11-14/h1,3-4,11-12H,2,5-10H2,(H,18,20). The van der Waals surface area contributed by atoms with E-state index in [2.05, 4.69) is 5.32 Å². The molecule has 1 fully saturated rings. The Balaban J connectivity index is 1.87. The van der Waals surface area contributed by atoms with Crippen molar-refractivity contribution in [1.82, 2.24) is 4.31 Å². The first-order chi connectivity index (χ1) is 10.9. The first kappa shape index (κ1) is 17.8. The first-order valence-corrected chi connectivity index (χ1v) is 9.13. The fraction of sp³-hybridized carbons (Fsp3) is 0.533. The lowest BCUT2D eigenvalue weighted by Crippen LogP contribution is -2.42. The van der Waals surface area contributed by atoms with E-state index in [9.17, 15) is 22.0 Å². The van der Waals surface area contributed by atoms with Crippen molar-refractivity contribution in [2.75, 3.05) is 30.8 Å². The van der Waals surface area contributed by atoms with Crippen LogP contribution in [-0.2, 0) is 14.8 Å². The van der Waals surface area contributed by atoms with E-state index >= 15 is 0 Å². The topological polar surface area (TPSA) is 66.5 Å². The summed E-state index contributed by atoms with van der Waals surface area (Å²) in [5.41, 5.74) is 0.382. The largest absolute Gasteiger partial charge is 0.326 e. The van der Waals surface area contributed by atoms with Crippen LogP contribution < -0.4 is 5.32 Å². The van der Waals surface area contributed by atoms with E-state index < -0.39 is 22.5 Å². The van der Waals surface area contributed by atoms with E-state index in [4.69, 9.17) is 0 Å². The van der Waals surface area contributed by atoms with Crippen molar-refractivity contribution >= 4 is 21.6 Å². The fourth-order valence-corrected chi connectivity index (χ4v) is 4.07. The van der Waals surface area contributed by atoms with Gasteiger partial charge in [0.2, 0.25) is 15.9 Å². The number of carbonyl (C=O) groups excluding carboxylic acids is 1. The molecule has 8 heteroatoms. The Kier molecular flexibility index (Phi) is 6.06. The summed E-state index contributed by atoms with van der Waals surface area (Å²) in [7, 11) is -3.45. The third kappa shape index (κ3) is 4.97. The number of benzene rings is 1. The molecule has 0 atom stereocenters. The summed E-state index contributed by atoms with van der Waals surface area (Å²) in [5, 5.41) is 2.64. The second kappa shape index (κ2) is 7.83. The number of hydrogen-bond acceptors (Lipinski definition) is 3. The molecule has 0 spiro atoms. The zero-order chi connectivity index (χ0) is 16.9. The number of carbonyl (C=O) groups is 1. The molecule has 1 aliphatic heterocycles. The van der Waals surface area contributed by atoms with Gasteiger partial charge in [-0.1, -0.05) is 6.07 Å². The van der Waals surface area contributed by atoms with Crippen LogP contribution in [0.15, 0.2) is 24.3 Å². The number of piperidine rings is 1. The maximum Gasteiger partial charge on any atom is 0.227 e. The van der Waals surface area contributed by atoms with Gasteiger partial charge in [-0.2, -0.15) is 0 Å². The van der Waals surface area contributed by atoms with Gasteiger partial charge in [0.25, 0.3) is 0 Å². The van der Waals surface area contributed by atoms with Crippen LogP contribution in [0.1, 0.15) is 19.3 Å². The lowest BCUT2D eigenvalue weighted by Gasteiger charge is -2.30. The van der Waals surface area contributed by atoms with Crippen molar-refractivity contribution in [3.63, 3.8) is 0 Å². The molecule has 1 saturated heterocycles. The van der Waals surface area contributed by atoms with Crippen LogP contribution in [0.3, 0.4) is 0 Å². The normalized spacial score (nSPS) is 17.1. The molecule has 0 aromatic heterocycles. The van der Waals surface area contributed by atoms with Gasteiger partial charge in [-0.25, -0.2) is 17.1 Å². The maximum absolute atomic E-state index is 13.1. The summed E-state index contributed by atoms with van der Waals surface area (Å²) in [6.07, 6.45) is 0.786. The van der Waals surface area contributed by atoms with Gasteiger partial charge >= 0.3 is 0 Å². The molecule has 1 N–H and O–H groups in total. The Morgan fingerprint density at radius 1 is 1.30 bits per heavy atom. The summed E-state index contributed by atoms with van der Waals surface area (Å²) >= 11 is 0. The van der Waals surface area contributed by atoms with Crippen molar-refractivity contribution in [2.24, 2.45) is 5.92 Å². The highest BCUT2D eigenvalue weighted by Crippen LogP contribution is 2.22. The molecule has 0 unspecified atom stereocenters. The molecular formula is C15H20F2N2O3S. The molecule has 1 aliphatic rings. The minimum atomic E-state index is -3.45. The number of rotatable bonds is 6. The Morgan fingerprint density at radius 3 is 2.61 bits per heavy atom. The number of nitrogens with one attached hydrogen (secondary N) is 1. The smallest absolute Gasteiger partial charge is 0.227 e. The SMILES string of the molecule is O=C(Nc1cccc(F)c1)C1CCN(S(=O)(=O)CCCF)CC1. The predicted molar refractivity (Wildman–Crippen MR) is 83.7 cm³/mol. The number of amides is 1. The maximum atomic E-state index is 13.1. The number of hydrogen-bond donors (Lipinski definition) is 1. The second-order valence-electron chi connectivity index (χ2n) is 5.53. The average molecular weight is 346 g/mol. The molecular weight excluding hydrogens is 326 g/mol. The first-order valence-electron chi connectivity index (χ1n) is 7.52. The molecule has 1 aromatic rings. The molecule has 23 heavy (non-hydrogen) atoms. The van der Waals surface area contributed by atoms with Gasteiger partial charge in [0.05, 0.1) is 12.4 Å². The second-order valence-corrected chi connectivity index (χ2v) is 7.62. The predicted octanol–water partition coefficient (Wildman–Crippen LogP) is 2.17. The fourth-order valence-electron chi connectivity index (χ4n) is 2.57. The van der Waals surface area contributed by atoms with Gasteiger partial charge < -0.3 is 5.32 Å². The molecule has 1 amide bonds. The van der Waals surface area contributed by atoms with E-state index in [0.717, 1.165) is 0 Å². The van der Waals surface area contributed by atoms with Crippen molar-refractivity contribution < 1.29 is 22.0 Å². The van der Waals surface area contributed by atoms with Gasteiger partial charge in [0.1, 0.15) is 5.82 Å². The van der Waals surface area contributed by atoms with Crippen molar-refractivity contribution in [3.05, 3.63) is 30.1 Å². The van der Waals surface area contributed by atoms with Gasteiger partial charge in [-0.3, -0.25) is 9.18 Å². The molecule has 0 radical (unpaired) electrons. The Bertz CT molecular complexity index is 644. The quantitative estimate of drug-likeness (QED) is 0.858. The van der Waals surface area contributed by atoms with Gasteiger partial charge in [-0.15, -0.1) is 0 Å². The third-order valence-corrected chi connectivity index (χ3v) is 5.80. The van der Waals surface area contributed by atoms with Crippen LogP contribution in [0.5, 0.6) is 0 Å². The van der Waals surface area contributed by atoms with Crippen LogP contribution in [0.25, 0.3) is 0 Å². The summed E-state index contributed by atoms with van der Waals surface area (Å²) in [6, 6.07) is 5.62. The zero-order valence-electron chi connectivity index (χ0n) is 12.7. The summed E-state index contributed by atoms with van der Waals surface area (Å²) in [6.45, 7) is -0.169. The van der Waals surface area contributed by atoms with Gasteiger partial charge in [-0.05, 0) is 37.5 Å². The Hall–Kier alpha value is -1.54. The highest BCUT2D eigenvalue weighted by atomic mass is 32.2. The molecule has 1 heterocycles. The van der Waals surface area contributed by atoms with Crippen molar-refractivity contribution in [2.45, 2.75) is 19.3 Å². The molecule has 0 saturated carbocycles. The van der Waals surface area contributed by atoms with Crippen molar-refractivity contribution in [3.8, 4) is 0 Å². The number of nitrogens with zero attached hydrogens (tertiary/aromatic N) is 1. The van der Waals surface area contributed by atoms with Crippen molar-refractivity contribution in [1.29, 1.82) is 0 Å². The van der Waals surface area contributed by atoms with E-state index in [1.54, 1.807) is 6.07 Å². The van der Waals surface area contributed by atoms with Crippen LogP contribution in [0.2, 0.25) is 0 Å². The van der Waals surface area contributed by atoms with E-state index in [0.29, 0.717) is 18.5 Å². The molecule has 2 rings (SSSR count). The average Bonchev–Trinajstić information content (AvgIpc) is 2.53. The Labute approximate surface area is 134 Å². The summed E-state index contributed by atoms with van der Waals surface area (Å²) in [4.78, 5) is 12.2. The summed E-state index contributed by atoms with van der Waals surface area (Å²) < 4.78 is 50.5. The molecule has 0 bridgehead atoms. The molecule has 128 valence electrons. The van der Waals surface area contributed by atoms with Crippen LogP contribution in [-0.4, -0.2) is 44.1 Å². The van der Waals surface area contributed by atoms with Gasteiger partial charge in [0, 0.05) is 24.7 Å². The van der Waals surface area contributed by atoms with Crippen LogP contribution >= 0.6 is 0 Å². The van der Waals surface area contributed by atoms with Crippen LogP contribution in [0.4, 0.5) is 14.5 Å². The van der Waals surface area contributed by atoms with E-state index in [1.165, 1.54) is 22.5 Å². The Morgan fingerprint density at radius 2 is 2.00 bits per heavy atom. The number of anilines is 1. The van der Waals surface area contributed by atoms with Gasteiger partial charge in [0.15, 0.2) is 0 Å². The lowest BCUT2D eigenvalue weighted by molar-refractivity contribution is -0.120. The number of halogens is 2. The highest BCUT2D eigenvalue weighted by Gasteiger charge is 2.30. The summed E-state index contributed by atoms with van der Waals surface area (Å²) in [5.74, 6) is -1.19. The molecule has 5 nitrogen and oxygen atoms in total. The highest BCUT2D eigenvalue weighted by molar-refractivity contribution is 7.89. The number of alkyl halides is 1. The molecule has 1 aromatic carbocycles. The van der Waals surface area contributed by atoms with Crippen LogP contribution in [0, 0.1) is 11.7 Å².